The Bertz CT molecular complexity index is 744. The fourth-order valence-electron chi connectivity index (χ4n) is 2.18. The number of rotatable bonds is 6. The predicted molar refractivity (Wildman–Crippen MR) is 89.1 cm³/mol. The van der Waals surface area contributed by atoms with Gasteiger partial charge in [-0.05, 0) is 26.0 Å². The van der Waals surface area contributed by atoms with E-state index in [4.69, 9.17) is 4.74 Å². The zero-order chi connectivity index (χ0) is 19.1. The van der Waals surface area contributed by atoms with Gasteiger partial charge in [-0.1, -0.05) is 0 Å². The number of nitriles is 1. The Balaban J connectivity index is 3.59. The average Bonchev–Trinajstić information content (AvgIpc) is 2.62. The summed E-state index contributed by atoms with van der Waals surface area (Å²) < 4.78 is 9.53. The molecule has 0 atom stereocenters. The van der Waals surface area contributed by atoms with Crippen molar-refractivity contribution in [2.24, 2.45) is 0 Å². The van der Waals surface area contributed by atoms with Gasteiger partial charge in [0, 0.05) is 18.7 Å². The standard InChI is InChI=1S/C17H20N2O6/c1-5-19(6-2)16(22)12(9-18)14(20)10-7-11(17(23)25-4)15(21)13(8-10)24-3/h7-8,20-21H,5-6H2,1-4H3/b14-12-. The Kier molecular flexibility index (Phi) is 6.81. The number of nitrogens with zero attached hydrogens (tertiary/aromatic N) is 2. The predicted octanol–water partition coefficient (Wildman–Crippen LogP) is 1.85. The van der Waals surface area contributed by atoms with Gasteiger partial charge in [0.15, 0.2) is 17.1 Å². The first-order valence-corrected chi connectivity index (χ1v) is 7.48. The molecule has 8 nitrogen and oxygen atoms in total. The second-order valence-electron chi connectivity index (χ2n) is 4.88. The summed E-state index contributed by atoms with van der Waals surface area (Å²) in [6, 6.07) is 4.01. The van der Waals surface area contributed by atoms with Gasteiger partial charge in [0.25, 0.3) is 5.91 Å². The van der Waals surface area contributed by atoms with Crippen LogP contribution in [-0.4, -0.2) is 54.3 Å². The Labute approximate surface area is 145 Å². The summed E-state index contributed by atoms with van der Waals surface area (Å²) in [5.74, 6) is -2.71. The molecule has 0 aliphatic heterocycles. The molecule has 0 unspecified atom stereocenters. The molecule has 1 aromatic carbocycles. The molecule has 2 N–H and O–H groups in total. The number of likely N-dealkylation sites (N-methyl/N-ethyl adjacent to an activating group) is 1. The normalized spacial score (nSPS) is 11.2. The SMILES string of the molecule is CCN(CC)C(=O)/C(C#N)=C(\O)c1cc(OC)c(O)c(C(=O)OC)c1. The zero-order valence-corrected chi connectivity index (χ0v) is 14.5. The quantitative estimate of drug-likeness (QED) is 0.348. The molecule has 0 bridgehead atoms. The third kappa shape index (κ3) is 4.01. The molecule has 134 valence electrons. The highest BCUT2D eigenvalue weighted by Gasteiger charge is 2.24. The zero-order valence-electron chi connectivity index (χ0n) is 14.5. The maximum absolute atomic E-state index is 12.4. The molecule has 0 fully saturated rings. The molecule has 1 rings (SSSR count). The molecule has 0 saturated heterocycles. The summed E-state index contributed by atoms with van der Waals surface area (Å²) in [5, 5.41) is 29.7. The van der Waals surface area contributed by atoms with Crippen LogP contribution in [-0.2, 0) is 9.53 Å². The lowest BCUT2D eigenvalue weighted by atomic mass is 10.0. The summed E-state index contributed by atoms with van der Waals surface area (Å²) in [5.41, 5.74) is -0.782. The molecule has 0 aliphatic carbocycles. The Morgan fingerprint density at radius 3 is 2.28 bits per heavy atom. The van der Waals surface area contributed by atoms with Crippen molar-refractivity contribution in [3.05, 3.63) is 28.8 Å². The summed E-state index contributed by atoms with van der Waals surface area (Å²) in [6.45, 7) is 4.21. The molecule has 25 heavy (non-hydrogen) atoms. The number of aliphatic hydroxyl groups is 1. The summed E-state index contributed by atoms with van der Waals surface area (Å²) in [6.07, 6.45) is 0. The second-order valence-corrected chi connectivity index (χ2v) is 4.88. The van der Waals surface area contributed by atoms with E-state index in [0.717, 1.165) is 13.2 Å². The van der Waals surface area contributed by atoms with Gasteiger partial charge in [0.05, 0.1) is 14.2 Å². The molecule has 0 spiro atoms. The smallest absolute Gasteiger partial charge is 0.341 e. The van der Waals surface area contributed by atoms with Crippen molar-refractivity contribution >= 4 is 17.6 Å². The van der Waals surface area contributed by atoms with Crippen molar-refractivity contribution in [3.8, 4) is 17.6 Å². The van der Waals surface area contributed by atoms with Crippen LogP contribution in [0.1, 0.15) is 29.8 Å². The number of phenolic OH excluding ortho intramolecular Hbond substituents is 1. The molecule has 1 aromatic rings. The van der Waals surface area contributed by atoms with Crippen LogP contribution in [0, 0.1) is 11.3 Å². The number of benzene rings is 1. The monoisotopic (exact) mass is 348 g/mol. The van der Waals surface area contributed by atoms with Crippen LogP contribution in [0.5, 0.6) is 11.5 Å². The molecule has 8 heteroatoms. The first kappa shape index (κ1) is 19.8. The van der Waals surface area contributed by atoms with Crippen LogP contribution < -0.4 is 4.74 Å². The van der Waals surface area contributed by atoms with Gasteiger partial charge in [0.2, 0.25) is 0 Å². The lowest BCUT2D eigenvalue weighted by Gasteiger charge is -2.18. The average molecular weight is 348 g/mol. The number of methoxy groups -OCH3 is 2. The molecule has 0 radical (unpaired) electrons. The van der Waals surface area contributed by atoms with Gasteiger partial charge in [-0.25, -0.2) is 4.79 Å². The Hall–Kier alpha value is -3.21. The van der Waals surface area contributed by atoms with Crippen molar-refractivity contribution in [1.29, 1.82) is 5.26 Å². The van der Waals surface area contributed by atoms with Gasteiger partial charge >= 0.3 is 5.97 Å². The summed E-state index contributed by atoms with van der Waals surface area (Å²) in [7, 11) is 2.38. The van der Waals surface area contributed by atoms with E-state index >= 15 is 0 Å². The molecule has 0 aromatic heterocycles. The van der Waals surface area contributed by atoms with E-state index in [1.807, 2.05) is 0 Å². The summed E-state index contributed by atoms with van der Waals surface area (Å²) >= 11 is 0. The number of aromatic hydroxyl groups is 1. The van der Waals surface area contributed by atoms with Crippen molar-refractivity contribution in [3.63, 3.8) is 0 Å². The minimum Gasteiger partial charge on any atom is -0.506 e. The molecular formula is C17H20N2O6. The van der Waals surface area contributed by atoms with Gasteiger partial charge < -0.3 is 24.6 Å². The lowest BCUT2D eigenvalue weighted by molar-refractivity contribution is -0.126. The first-order valence-electron chi connectivity index (χ1n) is 7.48. The first-order chi connectivity index (χ1) is 11.9. The number of hydrogen-bond acceptors (Lipinski definition) is 7. The van der Waals surface area contributed by atoms with E-state index in [1.54, 1.807) is 19.9 Å². The number of amides is 1. The number of esters is 1. The van der Waals surface area contributed by atoms with Crippen molar-refractivity contribution in [2.45, 2.75) is 13.8 Å². The minimum atomic E-state index is -0.862. The van der Waals surface area contributed by atoms with Gasteiger partial charge in [-0.15, -0.1) is 0 Å². The van der Waals surface area contributed by atoms with Crippen molar-refractivity contribution < 1.29 is 29.3 Å². The third-order valence-electron chi connectivity index (χ3n) is 3.59. The van der Waals surface area contributed by atoms with Gasteiger partial charge in [-0.2, -0.15) is 5.26 Å². The second kappa shape index (κ2) is 8.59. The van der Waals surface area contributed by atoms with E-state index < -0.39 is 29.0 Å². The maximum Gasteiger partial charge on any atom is 0.341 e. The number of ether oxygens (including phenoxy) is 2. The third-order valence-corrected chi connectivity index (χ3v) is 3.59. The van der Waals surface area contributed by atoms with E-state index in [9.17, 15) is 25.1 Å². The summed E-state index contributed by atoms with van der Waals surface area (Å²) in [4.78, 5) is 25.5. The van der Waals surface area contributed by atoms with Crippen LogP contribution in [0.15, 0.2) is 17.7 Å². The molecular weight excluding hydrogens is 328 g/mol. The highest BCUT2D eigenvalue weighted by molar-refractivity contribution is 6.04. The van der Waals surface area contributed by atoms with Crippen LogP contribution in [0.25, 0.3) is 5.76 Å². The van der Waals surface area contributed by atoms with E-state index in [-0.39, 0.29) is 16.9 Å². The van der Waals surface area contributed by atoms with Crippen LogP contribution in [0.4, 0.5) is 0 Å². The number of carbonyl (C=O) groups excluding carboxylic acids is 2. The fourth-order valence-corrected chi connectivity index (χ4v) is 2.18. The Morgan fingerprint density at radius 1 is 1.24 bits per heavy atom. The van der Waals surface area contributed by atoms with Gasteiger partial charge in [0.1, 0.15) is 17.4 Å². The van der Waals surface area contributed by atoms with E-state index in [0.29, 0.717) is 13.1 Å². The highest BCUT2D eigenvalue weighted by atomic mass is 16.5. The van der Waals surface area contributed by atoms with Crippen molar-refractivity contribution in [1.82, 2.24) is 4.90 Å². The van der Waals surface area contributed by atoms with E-state index in [2.05, 4.69) is 4.74 Å². The molecule has 0 aliphatic rings. The highest BCUT2D eigenvalue weighted by Crippen LogP contribution is 2.34. The van der Waals surface area contributed by atoms with E-state index in [1.165, 1.54) is 18.1 Å². The fraction of sp³-hybridized carbons (Fsp3) is 0.353. The van der Waals surface area contributed by atoms with Crippen LogP contribution in [0.3, 0.4) is 0 Å². The minimum absolute atomic E-state index is 0.0351. The maximum atomic E-state index is 12.4. The lowest BCUT2D eigenvalue weighted by Crippen LogP contribution is -2.31. The van der Waals surface area contributed by atoms with Crippen molar-refractivity contribution in [2.75, 3.05) is 27.3 Å². The topological polar surface area (TPSA) is 120 Å². The van der Waals surface area contributed by atoms with Crippen LogP contribution >= 0.6 is 0 Å². The number of carbonyl (C=O) groups is 2. The number of aliphatic hydroxyl groups excluding tert-OH is 1. The molecule has 1 amide bonds. The Morgan fingerprint density at radius 2 is 1.84 bits per heavy atom. The number of hydrogen-bond donors (Lipinski definition) is 2. The largest absolute Gasteiger partial charge is 0.506 e. The number of phenols is 1. The van der Waals surface area contributed by atoms with Gasteiger partial charge in [-0.3, -0.25) is 4.79 Å². The van der Waals surface area contributed by atoms with Crippen LogP contribution in [0.2, 0.25) is 0 Å². The molecule has 0 saturated carbocycles. The molecule has 0 heterocycles.